The number of amides is 1. The third kappa shape index (κ3) is 4.36. The molecule has 6 heteroatoms. The Hall–Kier alpha value is -3.41. The van der Waals surface area contributed by atoms with Crippen LogP contribution in [0.5, 0.6) is 5.75 Å². The number of hydrogen-bond acceptors (Lipinski definition) is 4. The van der Waals surface area contributed by atoms with Gasteiger partial charge in [0.15, 0.2) is 0 Å². The van der Waals surface area contributed by atoms with Gasteiger partial charge in [-0.05, 0) is 67.4 Å². The van der Waals surface area contributed by atoms with Gasteiger partial charge in [-0.1, -0.05) is 12.1 Å². The van der Waals surface area contributed by atoms with Crippen molar-refractivity contribution < 1.29 is 9.90 Å². The second kappa shape index (κ2) is 7.65. The normalized spacial score (nSPS) is 11.0. The fourth-order valence-electron chi connectivity index (χ4n) is 2.56. The van der Waals surface area contributed by atoms with Crippen LogP contribution in [0.1, 0.15) is 32.9 Å². The van der Waals surface area contributed by atoms with Gasteiger partial charge in [-0.25, -0.2) is 5.43 Å². The van der Waals surface area contributed by atoms with Crippen molar-refractivity contribution in [1.29, 1.82) is 0 Å². The molecule has 1 amide bonds. The van der Waals surface area contributed by atoms with E-state index < -0.39 is 0 Å². The molecular weight excluding hydrogens is 328 g/mol. The number of phenols is 1. The predicted octanol–water partition coefficient (Wildman–Crippen LogP) is 3.02. The van der Waals surface area contributed by atoms with E-state index in [-0.39, 0.29) is 11.7 Å². The number of carbonyl (C=O) groups excluding carboxylic acids is 1. The maximum atomic E-state index is 12.1. The summed E-state index contributed by atoms with van der Waals surface area (Å²) in [5, 5.41) is 17.6. The number of hydrazone groups is 1. The van der Waals surface area contributed by atoms with Gasteiger partial charge in [0.05, 0.1) is 18.5 Å². The average molecular weight is 348 g/mol. The van der Waals surface area contributed by atoms with Gasteiger partial charge in [0.25, 0.3) is 5.91 Å². The summed E-state index contributed by atoms with van der Waals surface area (Å²) in [5.74, 6) is -0.0931. The van der Waals surface area contributed by atoms with Gasteiger partial charge in [-0.3, -0.25) is 9.48 Å². The highest BCUT2D eigenvalue weighted by Gasteiger charge is 2.06. The summed E-state index contributed by atoms with van der Waals surface area (Å²) in [7, 11) is 0. The van der Waals surface area contributed by atoms with E-state index in [9.17, 15) is 9.90 Å². The summed E-state index contributed by atoms with van der Waals surface area (Å²) in [5.41, 5.74) is 6.97. The lowest BCUT2D eigenvalue weighted by molar-refractivity contribution is 0.0955. The molecule has 3 aromatic rings. The van der Waals surface area contributed by atoms with Crippen LogP contribution in [0.15, 0.2) is 59.7 Å². The number of aromatic nitrogens is 2. The molecule has 2 aromatic carbocycles. The average Bonchev–Trinajstić information content (AvgIpc) is 2.94. The van der Waals surface area contributed by atoms with Crippen molar-refractivity contribution in [3.8, 4) is 5.75 Å². The lowest BCUT2D eigenvalue weighted by Crippen LogP contribution is -2.17. The molecule has 0 spiro atoms. The monoisotopic (exact) mass is 348 g/mol. The molecule has 0 unspecified atom stereocenters. The maximum Gasteiger partial charge on any atom is 0.271 e. The van der Waals surface area contributed by atoms with Crippen molar-refractivity contribution in [1.82, 2.24) is 15.2 Å². The minimum atomic E-state index is -0.280. The quantitative estimate of drug-likeness (QED) is 0.549. The van der Waals surface area contributed by atoms with Crippen LogP contribution in [0.3, 0.4) is 0 Å². The molecule has 0 aliphatic carbocycles. The Morgan fingerprint density at radius 2 is 1.85 bits per heavy atom. The molecule has 6 nitrogen and oxygen atoms in total. The zero-order valence-electron chi connectivity index (χ0n) is 14.7. The van der Waals surface area contributed by atoms with Gasteiger partial charge in [0, 0.05) is 11.3 Å². The molecule has 0 saturated carbocycles. The molecule has 1 aromatic heterocycles. The standard InChI is InChI=1S/C20H20N4O2/c1-14-11-15(2)24(23-14)13-17-3-7-18(8-4-17)20(26)22-21-12-16-5-9-19(25)10-6-16/h3-12,25H,13H2,1-2H3,(H,22,26)/b21-12-. The molecule has 0 atom stereocenters. The fourth-order valence-corrected chi connectivity index (χ4v) is 2.56. The van der Waals surface area contributed by atoms with Crippen molar-refractivity contribution in [2.45, 2.75) is 20.4 Å². The number of carbonyl (C=O) groups is 1. The van der Waals surface area contributed by atoms with Gasteiger partial charge in [-0.2, -0.15) is 10.2 Å². The number of nitrogens with one attached hydrogen (secondary N) is 1. The SMILES string of the molecule is Cc1cc(C)n(Cc2ccc(C(=O)N/N=C\c3ccc(O)cc3)cc2)n1. The second-order valence-electron chi connectivity index (χ2n) is 6.07. The van der Waals surface area contributed by atoms with E-state index in [0.29, 0.717) is 12.1 Å². The molecule has 0 saturated heterocycles. The van der Waals surface area contributed by atoms with Crippen LogP contribution in [0.25, 0.3) is 0 Å². The van der Waals surface area contributed by atoms with E-state index in [0.717, 1.165) is 22.5 Å². The Balaban J connectivity index is 1.59. The zero-order chi connectivity index (χ0) is 18.5. The largest absolute Gasteiger partial charge is 0.508 e. The molecular formula is C20H20N4O2. The number of benzene rings is 2. The van der Waals surface area contributed by atoms with Crippen LogP contribution in [-0.2, 0) is 6.54 Å². The lowest BCUT2D eigenvalue weighted by atomic mass is 10.1. The Morgan fingerprint density at radius 3 is 2.46 bits per heavy atom. The first-order valence-corrected chi connectivity index (χ1v) is 8.24. The summed E-state index contributed by atoms with van der Waals surface area (Å²) in [6.07, 6.45) is 1.52. The Morgan fingerprint density at radius 1 is 1.15 bits per heavy atom. The van der Waals surface area contributed by atoms with Crippen molar-refractivity contribution in [3.63, 3.8) is 0 Å². The van der Waals surface area contributed by atoms with E-state index in [1.807, 2.05) is 36.7 Å². The van der Waals surface area contributed by atoms with Crippen LogP contribution in [0.4, 0.5) is 0 Å². The molecule has 0 bridgehead atoms. The van der Waals surface area contributed by atoms with Crippen LogP contribution in [0, 0.1) is 13.8 Å². The fraction of sp³-hybridized carbons (Fsp3) is 0.150. The predicted molar refractivity (Wildman–Crippen MR) is 100 cm³/mol. The van der Waals surface area contributed by atoms with Crippen LogP contribution < -0.4 is 5.43 Å². The number of phenolic OH excluding ortho intramolecular Hbond substituents is 1. The van der Waals surface area contributed by atoms with Crippen molar-refractivity contribution >= 4 is 12.1 Å². The minimum Gasteiger partial charge on any atom is -0.508 e. The van der Waals surface area contributed by atoms with Crippen LogP contribution >= 0.6 is 0 Å². The Kier molecular flexibility index (Phi) is 5.12. The summed E-state index contributed by atoms with van der Waals surface area (Å²) in [6, 6.07) is 15.9. The van der Waals surface area contributed by atoms with E-state index in [1.54, 1.807) is 36.4 Å². The van der Waals surface area contributed by atoms with Crippen molar-refractivity contribution in [3.05, 3.63) is 82.7 Å². The molecule has 0 aliphatic heterocycles. The highest BCUT2D eigenvalue weighted by Crippen LogP contribution is 2.10. The van der Waals surface area contributed by atoms with Crippen LogP contribution in [-0.4, -0.2) is 27.0 Å². The smallest absolute Gasteiger partial charge is 0.271 e. The zero-order valence-corrected chi connectivity index (χ0v) is 14.7. The number of aryl methyl sites for hydroxylation is 2. The highest BCUT2D eigenvalue weighted by molar-refractivity contribution is 5.94. The first kappa shape index (κ1) is 17.4. The van der Waals surface area contributed by atoms with Gasteiger partial charge >= 0.3 is 0 Å². The summed E-state index contributed by atoms with van der Waals surface area (Å²) >= 11 is 0. The number of nitrogens with zero attached hydrogens (tertiary/aromatic N) is 3. The van der Waals surface area contributed by atoms with Gasteiger partial charge in [0.1, 0.15) is 5.75 Å². The molecule has 0 radical (unpaired) electrons. The van der Waals surface area contributed by atoms with E-state index in [4.69, 9.17) is 0 Å². The van der Waals surface area contributed by atoms with E-state index in [1.165, 1.54) is 6.21 Å². The third-order valence-corrected chi connectivity index (χ3v) is 3.92. The number of rotatable bonds is 5. The molecule has 0 fully saturated rings. The number of hydrogen-bond donors (Lipinski definition) is 2. The molecule has 3 rings (SSSR count). The van der Waals surface area contributed by atoms with E-state index >= 15 is 0 Å². The first-order chi connectivity index (χ1) is 12.5. The number of aromatic hydroxyl groups is 1. The van der Waals surface area contributed by atoms with Crippen LogP contribution in [0.2, 0.25) is 0 Å². The van der Waals surface area contributed by atoms with Gasteiger partial charge < -0.3 is 5.11 Å². The lowest BCUT2D eigenvalue weighted by Gasteiger charge is -2.06. The molecule has 26 heavy (non-hydrogen) atoms. The topological polar surface area (TPSA) is 79.5 Å². The van der Waals surface area contributed by atoms with Crippen molar-refractivity contribution in [2.24, 2.45) is 5.10 Å². The highest BCUT2D eigenvalue weighted by atomic mass is 16.3. The van der Waals surface area contributed by atoms with Gasteiger partial charge in [-0.15, -0.1) is 0 Å². The van der Waals surface area contributed by atoms with E-state index in [2.05, 4.69) is 15.6 Å². The first-order valence-electron chi connectivity index (χ1n) is 8.24. The van der Waals surface area contributed by atoms with Gasteiger partial charge in [0.2, 0.25) is 0 Å². The van der Waals surface area contributed by atoms with Crippen molar-refractivity contribution in [2.75, 3.05) is 0 Å². The minimum absolute atomic E-state index is 0.187. The second-order valence-corrected chi connectivity index (χ2v) is 6.07. The Bertz CT molecular complexity index is 925. The summed E-state index contributed by atoms with van der Waals surface area (Å²) < 4.78 is 1.94. The summed E-state index contributed by atoms with van der Waals surface area (Å²) in [4.78, 5) is 12.1. The molecule has 132 valence electrons. The Labute approximate surface area is 151 Å². The summed E-state index contributed by atoms with van der Waals surface area (Å²) in [6.45, 7) is 4.66. The maximum absolute atomic E-state index is 12.1. The molecule has 2 N–H and O–H groups in total. The third-order valence-electron chi connectivity index (χ3n) is 3.92. The molecule has 0 aliphatic rings. The molecule has 1 heterocycles.